The predicted octanol–water partition coefficient (Wildman–Crippen LogP) is 1.58. The Balaban J connectivity index is 0. The standard InChI is InChI=1S/C8H13NO5.C8H14O3/c1-4-14-8(11)6(9(12)13)7(10)5(2)3;1-4-11-8(10)5-7(9)6(2)3/h5-6H,4H2,1-3H3;6H,4-5H2,1-3H3. The van der Waals surface area contributed by atoms with Crippen molar-refractivity contribution in [1.29, 1.82) is 0 Å². The van der Waals surface area contributed by atoms with Crippen LogP contribution in [0.4, 0.5) is 0 Å². The molecule has 1 atom stereocenters. The first-order valence-corrected chi connectivity index (χ1v) is 8.01. The average Bonchev–Trinajstić information content (AvgIpc) is 2.47. The van der Waals surface area contributed by atoms with E-state index in [1.807, 2.05) is 0 Å². The highest BCUT2D eigenvalue weighted by atomic mass is 16.6. The summed E-state index contributed by atoms with van der Waals surface area (Å²) in [7, 11) is 0. The zero-order valence-electron chi connectivity index (χ0n) is 15.6. The Morgan fingerprint density at radius 2 is 1.40 bits per heavy atom. The van der Waals surface area contributed by atoms with E-state index in [9.17, 15) is 29.3 Å². The van der Waals surface area contributed by atoms with E-state index in [1.165, 1.54) is 20.8 Å². The average molecular weight is 361 g/mol. The van der Waals surface area contributed by atoms with Crippen LogP contribution in [-0.2, 0) is 28.7 Å². The molecule has 0 aliphatic carbocycles. The van der Waals surface area contributed by atoms with Crippen molar-refractivity contribution in [2.24, 2.45) is 11.8 Å². The summed E-state index contributed by atoms with van der Waals surface area (Å²) < 4.78 is 9.04. The van der Waals surface area contributed by atoms with Gasteiger partial charge in [0.25, 0.3) is 0 Å². The predicted molar refractivity (Wildman–Crippen MR) is 88.4 cm³/mol. The van der Waals surface area contributed by atoms with Gasteiger partial charge in [-0.1, -0.05) is 27.7 Å². The number of Topliss-reactive ketones (excluding diaryl/α,β-unsaturated/α-hetero) is 2. The molecule has 25 heavy (non-hydrogen) atoms. The van der Waals surface area contributed by atoms with Gasteiger partial charge in [-0.15, -0.1) is 0 Å². The summed E-state index contributed by atoms with van der Waals surface area (Å²) in [4.78, 5) is 53.5. The van der Waals surface area contributed by atoms with Gasteiger partial charge in [-0.05, 0) is 13.8 Å². The number of carbonyl (C=O) groups excluding carboxylic acids is 4. The Morgan fingerprint density at radius 3 is 1.72 bits per heavy atom. The number of rotatable bonds is 9. The Bertz CT molecular complexity index is 485. The number of ketones is 2. The summed E-state index contributed by atoms with van der Waals surface area (Å²) in [6.45, 7) is 10.1. The third-order valence-corrected chi connectivity index (χ3v) is 2.83. The van der Waals surface area contributed by atoms with Crippen molar-refractivity contribution in [3.8, 4) is 0 Å². The fourth-order valence-electron chi connectivity index (χ4n) is 1.40. The first-order valence-electron chi connectivity index (χ1n) is 8.01. The molecule has 0 aromatic rings. The monoisotopic (exact) mass is 361 g/mol. The van der Waals surface area contributed by atoms with Crippen LogP contribution in [0.5, 0.6) is 0 Å². The van der Waals surface area contributed by atoms with E-state index in [-0.39, 0.29) is 24.7 Å². The molecule has 0 amide bonds. The van der Waals surface area contributed by atoms with Crippen LogP contribution in [0.25, 0.3) is 0 Å². The molecule has 0 rings (SSSR count). The number of ether oxygens (including phenoxy) is 2. The second-order valence-electron chi connectivity index (χ2n) is 5.60. The minimum atomic E-state index is -1.88. The molecule has 144 valence electrons. The minimum absolute atomic E-state index is 0.0224. The summed E-state index contributed by atoms with van der Waals surface area (Å²) in [6, 6.07) is -1.88. The summed E-state index contributed by atoms with van der Waals surface area (Å²) in [6.07, 6.45) is -0.0918. The summed E-state index contributed by atoms with van der Waals surface area (Å²) in [5.41, 5.74) is 0. The van der Waals surface area contributed by atoms with Crippen molar-refractivity contribution >= 4 is 23.5 Å². The SMILES string of the molecule is CCOC(=O)C(C(=O)C(C)C)[N+](=O)[O-].CCOC(=O)CC(=O)C(C)C. The van der Waals surface area contributed by atoms with E-state index < -0.39 is 34.6 Å². The van der Waals surface area contributed by atoms with Crippen LogP contribution in [0, 0.1) is 22.0 Å². The smallest absolute Gasteiger partial charge is 0.389 e. The maximum atomic E-state index is 11.3. The molecule has 1 unspecified atom stereocenters. The van der Waals surface area contributed by atoms with Crippen LogP contribution < -0.4 is 0 Å². The first-order chi connectivity index (χ1) is 11.5. The molecule has 0 radical (unpaired) electrons. The molecule has 0 aliphatic heterocycles. The van der Waals surface area contributed by atoms with Crippen molar-refractivity contribution in [2.75, 3.05) is 13.2 Å². The van der Waals surface area contributed by atoms with Gasteiger partial charge in [-0.2, -0.15) is 0 Å². The molecule has 9 nitrogen and oxygen atoms in total. The highest BCUT2D eigenvalue weighted by Crippen LogP contribution is 2.05. The van der Waals surface area contributed by atoms with Gasteiger partial charge in [-0.25, -0.2) is 4.79 Å². The van der Waals surface area contributed by atoms with Crippen molar-refractivity contribution in [2.45, 2.75) is 54.0 Å². The van der Waals surface area contributed by atoms with Crippen LogP contribution in [0.1, 0.15) is 48.0 Å². The zero-order chi connectivity index (χ0) is 20.2. The molecule has 0 bridgehead atoms. The van der Waals surface area contributed by atoms with E-state index in [0.717, 1.165) is 0 Å². The molecule has 0 saturated heterocycles. The molecule has 0 fully saturated rings. The second kappa shape index (κ2) is 13.0. The Morgan fingerprint density at radius 1 is 0.920 bits per heavy atom. The number of hydrogen-bond donors (Lipinski definition) is 0. The molecule has 0 heterocycles. The summed E-state index contributed by atoms with van der Waals surface area (Å²) in [5, 5.41) is 10.4. The number of hydrogen-bond acceptors (Lipinski definition) is 8. The van der Waals surface area contributed by atoms with Crippen LogP contribution >= 0.6 is 0 Å². The van der Waals surface area contributed by atoms with Crippen LogP contribution in [0.2, 0.25) is 0 Å². The number of nitro groups is 1. The summed E-state index contributed by atoms with van der Waals surface area (Å²) >= 11 is 0. The molecule has 0 aliphatic rings. The van der Waals surface area contributed by atoms with Crippen LogP contribution in [0.15, 0.2) is 0 Å². The fourth-order valence-corrected chi connectivity index (χ4v) is 1.40. The second-order valence-corrected chi connectivity index (χ2v) is 5.60. The van der Waals surface area contributed by atoms with E-state index in [4.69, 9.17) is 0 Å². The number of nitrogens with zero attached hydrogens (tertiary/aromatic N) is 1. The molecule has 9 heteroatoms. The van der Waals surface area contributed by atoms with Gasteiger partial charge in [-0.3, -0.25) is 24.5 Å². The zero-order valence-corrected chi connectivity index (χ0v) is 15.6. The number of carbonyl (C=O) groups is 4. The van der Waals surface area contributed by atoms with Crippen molar-refractivity contribution in [3.05, 3.63) is 10.1 Å². The fraction of sp³-hybridized carbons (Fsp3) is 0.750. The Kier molecular flexibility index (Phi) is 13.0. The molecule has 0 saturated carbocycles. The lowest BCUT2D eigenvalue weighted by atomic mass is 10.0. The molecule has 0 N–H and O–H groups in total. The number of esters is 2. The highest BCUT2D eigenvalue weighted by Gasteiger charge is 2.40. The normalized spacial score (nSPS) is 11.2. The van der Waals surface area contributed by atoms with Gasteiger partial charge in [0.05, 0.1) is 13.2 Å². The van der Waals surface area contributed by atoms with Crippen LogP contribution in [0.3, 0.4) is 0 Å². The van der Waals surface area contributed by atoms with Gasteiger partial charge in [0, 0.05) is 16.8 Å². The topological polar surface area (TPSA) is 130 Å². The Hall–Kier alpha value is -2.32. The first kappa shape index (κ1) is 24.9. The van der Waals surface area contributed by atoms with Gasteiger partial charge in [0.1, 0.15) is 12.2 Å². The molecule has 0 aromatic heterocycles. The third-order valence-electron chi connectivity index (χ3n) is 2.83. The molecular weight excluding hydrogens is 334 g/mol. The van der Waals surface area contributed by atoms with E-state index in [2.05, 4.69) is 9.47 Å². The van der Waals surface area contributed by atoms with Gasteiger partial charge < -0.3 is 9.47 Å². The minimum Gasteiger partial charge on any atom is -0.466 e. The van der Waals surface area contributed by atoms with Crippen LogP contribution in [-0.4, -0.2) is 47.7 Å². The molecule has 0 spiro atoms. The van der Waals surface area contributed by atoms with Crippen molar-refractivity contribution in [3.63, 3.8) is 0 Å². The van der Waals surface area contributed by atoms with E-state index in [1.54, 1.807) is 20.8 Å². The lowest BCUT2D eigenvalue weighted by Gasteiger charge is -2.09. The largest absolute Gasteiger partial charge is 0.466 e. The van der Waals surface area contributed by atoms with Crippen molar-refractivity contribution in [1.82, 2.24) is 0 Å². The van der Waals surface area contributed by atoms with Crippen molar-refractivity contribution < 1.29 is 33.6 Å². The third kappa shape index (κ3) is 11.0. The Labute approximate surface area is 147 Å². The van der Waals surface area contributed by atoms with Gasteiger partial charge in [0.2, 0.25) is 5.78 Å². The van der Waals surface area contributed by atoms with Gasteiger partial charge in [0.15, 0.2) is 0 Å². The molecular formula is C16H27NO8. The van der Waals surface area contributed by atoms with E-state index in [0.29, 0.717) is 6.61 Å². The molecule has 0 aromatic carbocycles. The quantitative estimate of drug-likeness (QED) is 0.262. The maximum Gasteiger partial charge on any atom is 0.389 e. The highest BCUT2D eigenvalue weighted by molar-refractivity contribution is 6.02. The summed E-state index contributed by atoms with van der Waals surface area (Å²) in [5.74, 6) is -2.95. The lowest BCUT2D eigenvalue weighted by molar-refractivity contribution is -0.496. The van der Waals surface area contributed by atoms with Gasteiger partial charge >= 0.3 is 18.0 Å². The lowest BCUT2D eigenvalue weighted by Crippen LogP contribution is -2.41. The maximum absolute atomic E-state index is 11.3. The van der Waals surface area contributed by atoms with E-state index >= 15 is 0 Å².